The number of nitrogens with two attached hydrogens (primary N) is 1. The smallest absolute Gasteiger partial charge is 0.219 e. The van der Waals surface area contributed by atoms with Crippen LogP contribution in [-0.2, 0) is 9.09 Å². The van der Waals surface area contributed by atoms with Crippen molar-refractivity contribution in [3.8, 4) is 0 Å². The topological polar surface area (TPSA) is 52.3 Å². The number of hydrogen-bond acceptors (Lipinski definition) is 3. The van der Waals surface area contributed by atoms with Crippen LogP contribution in [-0.4, -0.2) is 18.6 Å². The van der Waals surface area contributed by atoms with Gasteiger partial charge in [-0.1, -0.05) is 6.08 Å². The standard InChI is InChI=1S/C8H16NO2P/c1-4-7-6-8(7,9)12(3,10)11-5-2/h4,7H,1,5-6,9H2,2-3H3. The predicted molar refractivity (Wildman–Crippen MR) is 50.4 cm³/mol. The molecule has 4 heteroatoms. The van der Waals surface area contributed by atoms with Crippen molar-refractivity contribution >= 4 is 7.37 Å². The summed E-state index contributed by atoms with van der Waals surface area (Å²) in [5.74, 6) is 0.167. The molecule has 1 rings (SSSR count). The van der Waals surface area contributed by atoms with E-state index in [2.05, 4.69) is 6.58 Å². The van der Waals surface area contributed by atoms with Crippen molar-refractivity contribution in [3.63, 3.8) is 0 Å². The maximum Gasteiger partial charge on any atom is 0.219 e. The molecule has 0 amide bonds. The van der Waals surface area contributed by atoms with E-state index in [1.54, 1.807) is 12.7 Å². The van der Waals surface area contributed by atoms with E-state index in [-0.39, 0.29) is 5.92 Å². The molecular formula is C8H16NO2P. The van der Waals surface area contributed by atoms with Crippen molar-refractivity contribution in [2.24, 2.45) is 11.7 Å². The molecule has 0 heterocycles. The second-order valence-corrected chi connectivity index (χ2v) is 6.08. The summed E-state index contributed by atoms with van der Waals surface area (Å²) in [6, 6.07) is 0. The van der Waals surface area contributed by atoms with E-state index in [0.717, 1.165) is 6.42 Å². The Morgan fingerprint density at radius 3 is 2.83 bits per heavy atom. The fourth-order valence-electron chi connectivity index (χ4n) is 1.41. The van der Waals surface area contributed by atoms with Crippen LogP contribution in [0.3, 0.4) is 0 Å². The lowest BCUT2D eigenvalue weighted by molar-refractivity contribution is 0.326. The maximum absolute atomic E-state index is 11.9. The first-order valence-corrected chi connectivity index (χ1v) is 6.18. The molecule has 1 saturated carbocycles. The summed E-state index contributed by atoms with van der Waals surface area (Å²) < 4.78 is 17.0. The minimum atomic E-state index is -2.63. The lowest BCUT2D eigenvalue weighted by atomic mass is 10.4. The first-order chi connectivity index (χ1) is 5.48. The Balaban J connectivity index is 2.70. The molecule has 0 aromatic carbocycles. The zero-order chi connectivity index (χ0) is 9.41. The molecule has 0 bridgehead atoms. The third kappa shape index (κ3) is 1.37. The van der Waals surface area contributed by atoms with E-state index in [1.807, 2.05) is 6.92 Å². The van der Waals surface area contributed by atoms with Gasteiger partial charge in [0.15, 0.2) is 0 Å². The molecule has 0 spiro atoms. The van der Waals surface area contributed by atoms with Gasteiger partial charge in [0.2, 0.25) is 7.37 Å². The van der Waals surface area contributed by atoms with Crippen molar-refractivity contribution < 1.29 is 9.09 Å². The van der Waals surface area contributed by atoms with Crippen molar-refractivity contribution in [1.82, 2.24) is 0 Å². The highest BCUT2D eigenvalue weighted by Crippen LogP contribution is 2.68. The molecular weight excluding hydrogens is 173 g/mol. The van der Waals surface area contributed by atoms with Gasteiger partial charge in [0.25, 0.3) is 0 Å². The van der Waals surface area contributed by atoms with Gasteiger partial charge in [0.05, 0.1) is 11.9 Å². The minimum absolute atomic E-state index is 0.167. The Kier molecular flexibility index (Phi) is 2.48. The highest BCUT2D eigenvalue weighted by Gasteiger charge is 2.60. The van der Waals surface area contributed by atoms with Crippen LogP contribution in [0.2, 0.25) is 0 Å². The molecule has 0 aromatic heterocycles. The van der Waals surface area contributed by atoms with Gasteiger partial charge in [0.1, 0.15) is 0 Å². The third-order valence-electron chi connectivity index (χ3n) is 2.45. The third-order valence-corrected chi connectivity index (χ3v) is 5.22. The molecule has 0 saturated heterocycles. The lowest BCUT2D eigenvalue weighted by Gasteiger charge is -2.20. The Morgan fingerprint density at radius 2 is 2.50 bits per heavy atom. The van der Waals surface area contributed by atoms with E-state index >= 15 is 0 Å². The summed E-state index contributed by atoms with van der Waals surface area (Å²) >= 11 is 0. The zero-order valence-corrected chi connectivity index (χ0v) is 8.51. The van der Waals surface area contributed by atoms with Crippen LogP contribution in [0.4, 0.5) is 0 Å². The summed E-state index contributed by atoms with van der Waals surface area (Å²) in [7, 11) is -2.63. The molecule has 70 valence electrons. The molecule has 0 aromatic rings. The van der Waals surface area contributed by atoms with Gasteiger partial charge in [-0.25, -0.2) is 0 Å². The molecule has 1 aliphatic carbocycles. The monoisotopic (exact) mass is 189 g/mol. The van der Waals surface area contributed by atoms with E-state index in [1.165, 1.54) is 0 Å². The summed E-state index contributed by atoms with van der Waals surface area (Å²) in [5, 5.41) is -0.620. The fourth-order valence-corrected chi connectivity index (χ4v) is 3.38. The van der Waals surface area contributed by atoms with Crippen molar-refractivity contribution in [3.05, 3.63) is 12.7 Å². The number of hydrogen-bond donors (Lipinski definition) is 1. The van der Waals surface area contributed by atoms with Gasteiger partial charge in [-0.05, 0) is 13.3 Å². The van der Waals surface area contributed by atoms with E-state index < -0.39 is 12.6 Å². The molecule has 12 heavy (non-hydrogen) atoms. The molecule has 1 aliphatic rings. The molecule has 0 aliphatic heterocycles. The average molecular weight is 189 g/mol. The molecule has 2 N–H and O–H groups in total. The highest BCUT2D eigenvalue weighted by atomic mass is 31.2. The first-order valence-electron chi connectivity index (χ1n) is 4.11. The van der Waals surface area contributed by atoms with Gasteiger partial charge in [-0.2, -0.15) is 0 Å². The molecule has 0 radical (unpaired) electrons. The van der Waals surface area contributed by atoms with Gasteiger partial charge >= 0.3 is 0 Å². The molecule has 3 atom stereocenters. The van der Waals surface area contributed by atoms with Crippen LogP contribution < -0.4 is 5.73 Å². The summed E-state index contributed by atoms with van der Waals surface area (Å²) in [5.41, 5.74) is 5.91. The van der Waals surface area contributed by atoms with Crippen molar-refractivity contribution in [2.45, 2.75) is 18.6 Å². The highest BCUT2D eigenvalue weighted by molar-refractivity contribution is 7.60. The summed E-state index contributed by atoms with van der Waals surface area (Å²) in [4.78, 5) is 0. The Labute approximate surface area is 73.4 Å². The van der Waals surface area contributed by atoms with E-state index in [0.29, 0.717) is 6.61 Å². The molecule has 3 unspecified atom stereocenters. The van der Waals surface area contributed by atoms with Crippen molar-refractivity contribution in [2.75, 3.05) is 13.3 Å². The Hall–Kier alpha value is -0.110. The van der Waals surface area contributed by atoms with Crippen LogP contribution in [0.15, 0.2) is 12.7 Å². The normalized spacial score (nSPS) is 38.8. The fraction of sp³-hybridized carbons (Fsp3) is 0.750. The van der Waals surface area contributed by atoms with Crippen molar-refractivity contribution in [1.29, 1.82) is 0 Å². The number of rotatable bonds is 4. The van der Waals surface area contributed by atoms with Crippen LogP contribution >= 0.6 is 7.37 Å². The summed E-state index contributed by atoms with van der Waals surface area (Å²) in [6.07, 6.45) is 2.50. The second kappa shape index (κ2) is 2.99. The Bertz CT molecular complexity index is 241. The van der Waals surface area contributed by atoms with Crippen LogP contribution in [0.5, 0.6) is 0 Å². The lowest BCUT2D eigenvalue weighted by Crippen LogP contribution is -2.25. The second-order valence-electron chi connectivity index (χ2n) is 3.30. The van der Waals surface area contributed by atoms with Crippen LogP contribution in [0, 0.1) is 5.92 Å². The Morgan fingerprint density at radius 1 is 1.92 bits per heavy atom. The first kappa shape index (κ1) is 9.97. The quantitative estimate of drug-likeness (QED) is 0.541. The maximum atomic E-state index is 11.9. The zero-order valence-electron chi connectivity index (χ0n) is 7.62. The van der Waals surface area contributed by atoms with E-state index in [4.69, 9.17) is 10.3 Å². The van der Waals surface area contributed by atoms with Crippen LogP contribution in [0.1, 0.15) is 13.3 Å². The van der Waals surface area contributed by atoms with Gasteiger partial charge < -0.3 is 10.3 Å². The molecule has 3 nitrogen and oxygen atoms in total. The van der Waals surface area contributed by atoms with Gasteiger partial charge in [-0.15, -0.1) is 6.58 Å². The SMILES string of the molecule is C=CC1CC1(N)P(C)(=O)OCC. The molecule has 1 fully saturated rings. The van der Waals surface area contributed by atoms with Crippen LogP contribution in [0.25, 0.3) is 0 Å². The van der Waals surface area contributed by atoms with E-state index in [9.17, 15) is 4.57 Å². The predicted octanol–water partition coefficient (Wildman–Crippen LogP) is 1.79. The minimum Gasteiger partial charge on any atom is -0.328 e. The largest absolute Gasteiger partial charge is 0.328 e. The summed E-state index contributed by atoms with van der Waals surface area (Å²) in [6.45, 7) is 7.53. The van der Waals surface area contributed by atoms with Gasteiger partial charge in [0, 0.05) is 12.6 Å². The average Bonchev–Trinajstić information content (AvgIpc) is 2.63. The van der Waals surface area contributed by atoms with Gasteiger partial charge in [-0.3, -0.25) is 4.57 Å².